The van der Waals surface area contributed by atoms with Crippen molar-refractivity contribution in [3.8, 4) is 0 Å². The zero-order valence-electron chi connectivity index (χ0n) is 11.8. The van der Waals surface area contributed by atoms with Crippen molar-refractivity contribution in [1.82, 2.24) is 10.3 Å². The van der Waals surface area contributed by atoms with E-state index in [2.05, 4.69) is 16.4 Å². The maximum absolute atomic E-state index is 6.11. The highest BCUT2D eigenvalue weighted by Crippen LogP contribution is 2.28. The van der Waals surface area contributed by atoms with E-state index in [1.807, 2.05) is 0 Å². The SMILES string of the molecule is NNC(C1=CCCCCC1)C1CN2CCCC2CO1. The van der Waals surface area contributed by atoms with E-state index in [1.165, 1.54) is 57.1 Å². The summed E-state index contributed by atoms with van der Waals surface area (Å²) >= 11 is 0. The molecule has 0 aromatic carbocycles. The number of nitrogens with one attached hydrogen (secondary N) is 1. The molecule has 0 bridgehead atoms. The molecule has 2 fully saturated rings. The van der Waals surface area contributed by atoms with Gasteiger partial charge in [0.15, 0.2) is 0 Å². The molecule has 3 aliphatic rings. The largest absolute Gasteiger partial charge is 0.373 e. The summed E-state index contributed by atoms with van der Waals surface area (Å²) in [7, 11) is 0. The lowest BCUT2D eigenvalue weighted by molar-refractivity contribution is -0.0595. The molecule has 3 N–H and O–H groups in total. The average molecular weight is 265 g/mol. The lowest BCUT2D eigenvalue weighted by Gasteiger charge is -2.39. The van der Waals surface area contributed by atoms with E-state index in [4.69, 9.17) is 10.6 Å². The Morgan fingerprint density at radius 2 is 2.26 bits per heavy atom. The third-order valence-corrected chi connectivity index (χ3v) is 4.94. The van der Waals surface area contributed by atoms with Gasteiger partial charge in [-0.3, -0.25) is 16.2 Å². The second-order valence-corrected chi connectivity index (χ2v) is 6.19. The molecule has 1 aliphatic carbocycles. The number of ether oxygens (including phenoxy) is 1. The summed E-state index contributed by atoms with van der Waals surface area (Å²) < 4.78 is 6.11. The number of rotatable bonds is 3. The Balaban J connectivity index is 1.66. The first-order valence-electron chi connectivity index (χ1n) is 7.89. The van der Waals surface area contributed by atoms with Crippen LogP contribution in [-0.2, 0) is 4.74 Å². The molecule has 3 atom stereocenters. The first-order chi connectivity index (χ1) is 9.38. The third kappa shape index (κ3) is 3.02. The fourth-order valence-corrected chi connectivity index (χ4v) is 3.82. The smallest absolute Gasteiger partial charge is 0.0906 e. The van der Waals surface area contributed by atoms with Gasteiger partial charge in [0.2, 0.25) is 0 Å². The summed E-state index contributed by atoms with van der Waals surface area (Å²) in [6, 6.07) is 0.873. The maximum Gasteiger partial charge on any atom is 0.0906 e. The van der Waals surface area contributed by atoms with Crippen LogP contribution in [0.1, 0.15) is 44.9 Å². The highest BCUT2D eigenvalue weighted by atomic mass is 16.5. The molecule has 108 valence electrons. The standard InChI is InChI=1S/C15H27N3O/c16-17-15(12-6-3-1-2-4-7-12)14-10-18-9-5-8-13(18)11-19-14/h6,13-15,17H,1-5,7-11,16H2. The molecular formula is C15H27N3O. The molecule has 0 aromatic heterocycles. The summed E-state index contributed by atoms with van der Waals surface area (Å²) in [6.07, 6.45) is 11.6. The van der Waals surface area contributed by atoms with Gasteiger partial charge in [0, 0.05) is 12.6 Å². The number of hydrazine groups is 1. The van der Waals surface area contributed by atoms with Gasteiger partial charge < -0.3 is 4.74 Å². The number of fused-ring (bicyclic) bond motifs is 1. The van der Waals surface area contributed by atoms with Crippen molar-refractivity contribution in [3.63, 3.8) is 0 Å². The summed E-state index contributed by atoms with van der Waals surface area (Å²) in [4.78, 5) is 2.59. The Morgan fingerprint density at radius 1 is 1.32 bits per heavy atom. The molecule has 3 unspecified atom stereocenters. The van der Waals surface area contributed by atoms with Crippen LogP contribution in [0.15, 0.2) is 11.6 Å². The zero-order chi connectivity index (χ0) is 13.1. The lowest BCUT2D eigenvalue weighted by Crippen LogP contribution is -2.56. The Kier molecular flexibility index (Phi) is 4.53. The molecule has 0 radical (unpaired) electrons. The van der Waals surface area contributed by atoms with Crippen molar-refractivity contribution in [1.29, 1.82) is 0 Å². The first kappa shape index (κ1) is 13.6. The van der Waals surface area contributed by atoms with Crippen molar-refractivity contribution in [2.24, 2.45) is 5.84 Å². The van der Waals surface area contributed by atoms with Crippen LogP contribution in [-0.4, -0.2) is 42.8 Å². The van der Waals surface area contributed by atoms with E-state index < -0.39 is 0 Å². The van der Waals surface area contributed by atoms with Crippen LogP contribution >= 0.6 is 0 Å². The fourth-order valence-electron chi connectivity index (χ4n) is 3.82. The van der Waals surface area contributed by atoms with Gasteiger partial charge in [0.25, 0.3) is 0 Å². The fraction of sp³-hybridized carbons (Fsp3) is 0.867. The van der Waals surface area contributed by atoms with Crippen molar-refractivity contribution < 1.29 is 4.74 Å². The quantitative estimate of drug-likeness (QED) is 0.462. The highest BCUT2D eigenvalue weighted by Gasteiger charge is 2.36. The Hall–Kier alpha value is -0.420. The summed E-state index contributed by atoms with van der Waals surface area (Å²) in [5.41, 5.74) is 4.50. The summed E-state index contributed by atoms with van der Waals surface area (Å²) in [5, 5.41) is 0. The highest BCUT2D eigenvalue weighted by molar-refractivity contribution is 5.15. The number of nitrogens with two attached hydrogens (primary N) is 1. The predicted molar refractivity (Wildman–Crippen MR) is 76.6 cm³/mol. The van der Waals surface area contributed by atoms with Gasteiger partial charge in [-0.05, 0) is 45.1 Å². The predicted octanol–water partition coefficient (Wildman–Crippen LogP) is 1.57. The Morgan fingerprint density at radius 3 is 3.16 bits per heavy atom. The third-order valence-electron chi connectivity index (χ3n) is 4.94. The molecular weight excluding hydrogens is 238 g/mol. The minimum atomic E-state index is 0.208. The van der Waals surface area contributed by atoms with Crippen LogP contribution in [0.25, 0.3) is 0 Å². The van der Waals surface area contributed by atoms with Gasteiger partial charge in [-0.15, -0.1) is 0 Å². The minimum absolute atomic E-state index is 0.208. The summed E-state index contributed by atoms with van der Waals surface area (Å²) in [5.74, 6) is 5.83. The van der Waals surface area contributed by atoms with Crippen molar-refractivity contribution in [2.75, 3.05) is 19.7 Å². The molecule has 0 amide bonds. The van der Waals surface area contributed by atoms with Crippen LogP contribution in [0.5, 0.6) is 0 Å². The van der Waals surface area contributed by atoms with Crippen molar-refractivity contribution in [3.05, 3.63) is 11.6 Å². The number of morpholine rings is 1. The van der Waals surface area contributed by atoms with Crippen LogP contribution in [0.4, 0.5) is 0 Å². The topological polar surface area (TPSA) is 50.5 Å². The van der Waals surface area contributed by atoms with Crippen LogP contribution < -0.4 is 11.3 Å². The molecule has 4 nitrogen and oxygen atoms in total. The van der Waals surface area contributed by atoms with E-state index in [-0.39, 0.29) is 12.1 Å². The van der Waals surface area contributed by atoms with Gasteiger partial charge in [-0.25, -0.2) is 0 Å². The van der Waals surface area contributed by atoms with Gasteiger partial charge >= 0.3 is 0 Å². The van der Waals surface area contributed by atoms with Gasteiger partial charge in [-0.1, -0.05) is 18.1 Å². The van der Waals surface area contributed by atoms with Crippen molar-refractivity contribution in [2.45, 2.75) is 63.1 Å². The van der Waals surface area contributed by atoms with E-state index in [1.54, 1.807) is 0 Å². The van der Waals surface area contributed by atoms with E-state index in [9.17, 15) is 0 Å². The monoisotopic (exact) mass is 265 g/mol. The molecule has 19 heavy (non-hydrogen) atoms. The van der Waals surface area contributed by atoms with Gasteiger partial charge in [0.05, 0.1) is 18.8 Å². The Labute approximate surface area is 116 Å². The van der Waals surface area contributed by atoms with Gasteiger partial charge in [0.1, 0.15) is 0 Å². The second kappa shape index (κ2) is 6.35. The molecule has 4 heteroatoms. The minimum Gasteiger partial charge on any atom is -0.373 e. The summed E-state index contributed by atoms with van der Waals surface area (Å²) in [6.45, 7) is 3.16. The molecule has 2 saturated heterocycles. The molecule has 3 rings (SSSR count). The number of hydrogen-bond donors (Lipinski definition) is 2. The number of hydrogen-bond acceptors (Lipinski definition) is 4. The van der Waals surface area contributed by atoms with Crippen molar-refractivity contribution >= 4 is 0 Å². The first-order valence-corrected chi connectivity index (χ1v) is 7.89. The van der Waals surface area contributed by atoms with Crippen LogP contribution in [0, 0.1) is 0 Å². The maximum atomic E-state index is 6.11. The Bertz CT molecular complexity index is 331. The normalized spacial score (nSPS) is 34.5. The van der Waals surface area contributed by atoms with E-state index >= 15 is 0 Å². The number of nitrogens with zero attached hydrogens (tertiary/aromatic N) is 1. The van der Waals surface area contributed by atoms with Crippen LogP contribution in [0.3, 0.4) is 0 Å². The molecule has 0 spiro atoms. The van der Waals surface area contributed by atoms with Crippen LogP contribution in [0.2, 0.25) is 0 Å². The molecule has 0 saturated carbocycles. The average Bonchev–Trinajstić information content (AvgIpc) is 2.74. The molecule has 2 heterocycles. The van der Waals surface area contributed by atoms with Gasteiger partial charge in [-0.2, -0.15) is 0 Å². The van der Waals surface area contributed by atoms with E-state index in [0.717, 1.165) is 13.2 Å². The second-order valence-electron chi connectivity index (χ2n) is 6.19. The van der Waals surface area contributed by atoms with E-state index in [0.29, 0.717) is 6.04 Å². The zero-order valence-corrected chi connectivity index (χ0v) is 11.8. The molecule has 0 aromatic rings. The lowest BCUT2D eigenvalue weighted by atomic mass is 9.96. The number of allylic oxidation sites excluding steroid dienone is 1. The molecule has 2 aliphatic heterocycles.